The van der Waals surface area contributed by atoms with Crippen molar-refractivity contribution in [2.75, 3.05) is 13.2 Å². The van der Waals surface area contributed by atoms with Crippen molar-refractivity contribution in [1.82, 2.24) is 5.32 Å². The quantitative estimate of drug-likeness (QED) is 0.758. The molecule has 4 heteroatoms. The Hall–Kier alpha value is 0.100. The molecule has 1 aliphatic rings. The topological polar surface area (TPSA) is 21.3 Å². The third-order valence-corrected chi connectivity index (χ3v) is 5.64. The smallest absolute Gasteiger partial charge is 0.0575 e. The van der Waals surface area contributed by atoms with Gasteiger partial charge in [0.05, 0.1) is 6.10 Å². The van der Waals surface area contributed by atoms with Gasteiger partial charge in [-0.25, -0.2) is 0 Å². The highest BCUT2D eigenvalue weighted by molar-refractivity contribution is 9.10. The summed E-state index contributed by atoms with van der Waals surface area (Å²) in [6.07, 6.45) is 7.82. The Kier molecular flexibility index (Phi) is 6.85. The lowest BCUT2D eigenvalue weighted by atomic mass is 10.0. The molecule has 1 aromatic rings. The van der Waals surface area contributed by atoms with Gasteiger partial charge in [0.25, 0.3) is 0 Å². The van der Waals surface area contributed by atoms with Gasteiger partial charge in [0.2, 0.25) is 0 Å². The van der Waals surface area contributed by atoms with Crippen LogP contribution in [0.5, 0.6) is 0 Å². The molecule has 0 bridgehead atoms. The van der Waals surface area contributed by atoms with E-state index in [1.807, 2.05) is 11.3 Å². The first-order valence-electron chi connectivity index (χ1n) is 7.39. The largest absolute Gasteiger partial charge is 0.378 e. The van der Waals surface area contributed by atoms with Crippen LogP contribution in [-0.2, 0) is 4.74 Å². The van der Waals surface area contributed by atoms with Gasteiger partial charge in [-0.3, -0.25) is 0 Å². The van der Waals surface area contributed by atoms with Crippen molar-refractivity contribution < 1.29 is 4.74 Å². The highest BCUT2D eigenvalue weighted by Gasteiger charge is 2.19. The molecule has 1 aliphatic heterocycles. The fourth-order valence-electron chi connectivity index (χ4n) is 2.59. The summed E-state index contributed by atoms with van der Waals surface area (Å²) in [7, 11) is 0. The zero-order chi connectivity index (χ0) is 13.5. The van der Waals surface area contributed by atoms with Crippen LogP contribution >= 0.6 is 27.3 Å². The van der Waals surface area contributed by atoms with E-state index in [2.05, 4.69) is 39.6 Å². The highest BCUT2D eigenvalue weighted by atomic mass is 79.9. The van der Waals surface area contributed by atoms with Crippen LogP contribution in [0.25, 0.3) is 0 Å². The molecule has 0 aromatic carbocycles. The van der Waals surface area contributed by atoms with Gasteiger partial charge in [-0.2, -0.15) is 0 Å². The van der Waals surface area contributed by atoms with Gasteiger partial charge >= 0.3 is 0 Å². The normalized spacial score (nSPS) is 21.5. The summed E-state index contributed by atoms with van der Waals surface area (Å²) in [5.41, 5.74) is 0. The van der Waals surface area contributed by atoms with Crippen LogP contribution in [-0.4, -0.2) is 19.3 Å². The van der Waals surface area contributed by atoms with Gasteiger partial charge in [-0.15, -0.1) is 11.3 Å². The first-order chi connectivity index (χ1) is 9.31. The van der Waals surface area contributed by atoms with Gasteiger partial charge in [0.1, 0.15) is 0 Å². The minimum absolute atomic E-state index is 0.472. The van der Waals surface area contributed by atoms with Gasteiger partial charge in [0, 0.05) is 22.0 Å². The van der Waals surface area contributed by atoms with Crippen molar-refractivity contribution >= 4 is 27.3 Å². The second-order valence-electron chi connectivity index (χ2n) is 5.21. The van der Waals surface area contributed by atoms with Crippen LogP contribution in [0.15, 0.2) is 15.9 Å². The third kappa shape index (κ3) is 4.85. The molecule has 2 atom stereocenters. The Labute approximate surface area is 129 Å². The summed E-state index contributed by atoms with van der Waals surface area (Å²) < 4.78 is 7.09. The van der Waals surface area contributed by atoms with Crippen LogP contribution in [0.2, 0.25) is 0 Å². The van der Waals surface area contributed by atoms with Crippen molar-refractivity contribution in [2.45, 2.75) is 57.6 Å². The second kappa shape index (κ2) is 8.40. The summed E-state index contributed by atoms with van der Waals surface area (Å²) in [6.45, 7) is 4.26. The Morgan fingerprint density at radius 2 is 2.42 bits per heavy atom. The number of halogens is 1. The van der Waals surface area contributed by atoms with Crippen molar-refractivity contribution in [3.63, 3.8) is 0 Å². The maximum absolute atomic E-state index is 5.84. The van der Waals surface area contributed by atoms with E-state index in [-0.39, 0.29) is 0 Å². The van der Waals surface area contributed by atoms with Crippen molar-refractivity contribution in [2.24, 2.45) is 0 Å². The molecule has 2 rings (SSSR count). The minimum atomic E-state index is 0.472. The fraction of sp³-hybridized carbons (Fsp3) is 0.733. The number of hydrogen-bond donors (Lipinski definition) is 1. The third-order valence-electron chi connectivity index (χ3n) is 3.65. The monoisotopic (exact) mass is 345 g/mol. The standard InChI is InChI=1S/C15H24BrNOS/c1-2-9-17-14(15-13(16)8-11-19-15)7-6-12-5-3-4-10-18-12/h8,11-12,14,17H,2-7,9-10H2,1H3. The number of rotatable bonds is 7. The summed E-state index contributed by atoms with van der Waals surface area (Å²) in [4.78, 5) is 1.43. The van der Waals surface area contributed by atoms with E-state index < -0.39 is 0 Å². The zero-order valence-corrected chi connectivity index (χ0v) is 14.1. The van der Waals surface area contributed by atoms with Gasteiger partial charge in [-0.1, -0.05) is 6.92 Å². The SMILES string of the molecule is CCCNC(CCC1CCCCO1)c1sccc1Br. The molecular formula is C15H24BrNOS. The van der Waals surface area contributed by atoms with Crippen LogP contribution in [0.1, 0.15) is 56.4 Å². The number of ether oxygens (including phenoxy) is 1. The maximum atomic E-state index is 5.84. The molecule has 1 fully saturated rings. The number of nitrogens with one attached hydrogen (secondary N) is 1. The molecule has 108 valence electrons. The Balaban J connectivity index is 1.88. The average Bonchev–Trinajstić information content (AvgIpc) is 2.86. The van der Waals surface area contributed by atoms with E-state index in [4.69, 9.17) is 4.74 Å². The number of hydrogen-bond acceptors (Lipinski definition) is 3. The Morgan fingerprint density at radius 1 is 1.53 bits per heavy atom. The Bertz CT molecular complexity index is 363. The minimum Gasteiger partial charge on any atom is -0.378 e. The molecular weight excluding hydrogens is 322 g/mol. The zero-order valence-electron chi connectivity index (χ0n) is 11.7. The predicted molar refractivity (Wildman–Crippen MR) is 85.9 cm³/mol. The van der Waals surface area contributed by atoms with Crippen molar-refractivity contribution in [3.8, 4) is 0 Å². The molecule has 2 nitrogen and oxygen atoms in total. The lowest BCUT2D eigenvalue weighted by Gasteiger charge is -2.25. The summed E-state index contributed by atoms with van der Waals surface area (Å²) in [5.74, 6) is 0. The summed E-state index contributed by atoms with van der Waals surface area (Å²) in [6, 6.07) is 2.62. The lowest BCUT2D eigenvalue weighted by molar-refractivity contribution is 0.00859. The van der Waals surface area contributed by atoms with Crippen LogP contribution in [0, 0.1) is 0 Å². The molecule has 0 amide bonds. The molecule has 2 unspecified atom stereocenters. The maximum Gasteiger partial charge on any atom is 0.0575 e. The van der Waals surface area contributed by atoms with E-state index in [0.717, 1.165) is 13.2 Å². The molecule has 0 radical (unpaired) electrons. The molecule has 0 saturated carbocycles. The van der Waals surface area contributed by atoms with E-state index in [1.54, 1.807) is 0 Å². The van der Waals surface area contributed by atoms with Crippen LogP contribution < -0.4 is 5.32 Å². The molecule has 1 N–H and O–H groups in total. The first-order valence-corrected chi connectivity index (χ1v) is 9.06. The van der Waals surface area contributed by atoms with Gasteiger partial charge in [0.15, 0.2) is 0 Å². The predicted octanol–water partition coefficient (Wildman–Crippen LogP) is 4.90. The first kappa shape index (κ1) is 15.5. The fourth-order valence-corrected chi connectivity index (χ4v) is 4.35. The van der Waals surface area contributed by atoms with Gasteiger partial charge < -0.3 is 10.1 Å². The van der Waals surface area contributed by atoms with E-state index in [1.165, 1.54) is 47.9 Å². The van der Waals surface area contributed by atoms with Crippen molar-refractivity contribution in [1.29, 1.82) is 0 Å². The molecule has 2 heterocycles. The molecule has 0 aliphatic carbocycles. The molecule has 1 aromatic heterocycles. The van der Waals surface area contributed by atoms with Crippen LogP contribution in [0.4, 0.5) is 0 Å². The average molecular weight is 346 g/mol. The van der Waals surface area contributed by atoms with Crippen LogP contribution in [0.3, 0.4) is 0 Å². The van der Waals surface area contributed by atoms with Crippen molar-refractivity contribution in [3.05, 3.63) is 20.8 Å². The highest BCUT2D eigenvalue weighted by Crippen LogP contribution is 2.32. The summed E-state index contributed by atoms with van der Waals surface area (Å²) in [5, 5.41) is 5.84. The van der Waals surface area contributed by atoms with Gasteiger partial charge in [-0.05, 0) is 72.4 Å². The Morgan fingerprint density at radius 3 is 3.05 bits per heavy atom. The summed E-state index contributed by atoms with van der Waals surface area (Å²) >= 11 is 5.51. The lowest BCUT2D eigenvalue weighted by Crippen LogP contribution is -2.25. The second-order valence-corrected chi connectivity index (χ2v) is 7.01. The van der Waals surface area contributed by atoms with E-state index >= 15 is 0 Å². The number of thiophene rings is 1. The molecule has 19 heavy (non-hydrogen) atoms. The van der Waals surface area contributed by atoms with E-state index in [9.17, 15) is 0 Å². The molecule has 1 saturated heterocycles. The van der Waals surface area contributed by atoms with E-state index in [0.29, 0.717) is 12.1 Å². The molecule has 0 spiro atoms.